The van der Waals surface area contributed by atoms with Gasteiger partial charge in [0.05, 0.1) is 6.10 Å². The molecule has 0 aromatic rings. The molecule has 3 nitrogen and oxygen atoms in total. The Morgan fingerprint density at radius 1 is 1.50 bits per heavy atom. The fourth-order valence-electron chi connectivity index (χ4n) is 1.14. The van der Waals surface area contributed by atoms with E-state index >= 15 is 0 Å². The lowest BCUT2D eigenvalue weighted by molar-refractivity contribution is -0.118. The zero-order chi connectivity index (χ0) is 9.40. The van der Waals surface area contributed by atoms with Crippen molar-refractivity contribution >= 4 is 5.91 Å². The lowest BCUT2D eigenvalue weighted by Gasteiger charge is -2.13. The van der Waals surface area contributed by atoms with Gasteiger partial charge in [-0.05, 0) is 26.2 Å². The number of amides is 1. The summed E-state index contributed by atoms with van der Waals surface area (Å²) in [4.78, 5) is 10.4. The molecule has 0 rings (SSSR count). The van der Waals surface area contributed by atoms with Crippen LogP contribution in [0.25, 0.3) is 0 Å². The third-order valence-corrected chi connectivity index (χ3v) is 1.81. The number of rotatable bonds is 7. The van der Waals surface area contributed by atoms with Crippen molar-refractivity contribution in [3.05, 3.63) is 0 Å². The second-order valence-corrected chi connectivity index (χ2v) is 2.84. The molecule has 0 heterocycles. The fourth-order valence-corrected chi connectivity index (χ4v) is 1.14. The standard InChI is InChI=1S/C9H19NO2/c1-3-8(12-4-2)6-5-7-9(10)11/h8H,3-7H2,1-2H3,(H2,10,11). The summed E-state index contributed by atoms with van der Waals surface area (Å²) >= 11 is 0. The Balaban J connectivity index is 3.37. The van der Waals surface area contributed by atoms with Gasteiger partial charge in [0.1, 0.15) is 0 Å². The second-order valence-electron chi connectivity index (χ2n) is 2.84. The minimum atomic E-state index is -0.221. The van der Waals surface area contributed by atoms with E-state index in [0.717, 1.165) is 25.9 Å². The minimum Gasteiger partial charge on any atom is -0.379 e. The van der Waals surface area contributed by atoms with Crippen LogP contribution < -0.4 is 5.73 Å². The molecule has 1 unspecified atom stereocenters. The summed E-state index contributed by atoms with van der Waals surface area (Å²) in [5.74, 6) is -0.221. The van der Waals surface area contributed by atoms with Gasteiger partial charge in [-0.3, -0.25) is 4.79 Å². The predicted octanol–water partition coefficient (Wildman–Crippen LogP) is 1.46. The Hall–Kier alpha value is -0.570. The van der Waals surface area contributed by atoms with Crippen LogP contribution in [-0.2, 0) is 9.53 Å². The molecule has 0 bridgehead atoms. The van der Waals surface area contributed by atoms with Crippen molar-refractivity contribution in [2.75, 3.05) is 6.61 Å². The maximum atomic E-state index is 10.4. The lowest BCUT2D eigenvalue weighted by atomic mass is 10.1. The maximum absolute atomic E-state index is 10.4. The van der Waals surface area contributed by atoms with E-state index in [-0.39, 0.29) is 5.91 Å². The molecule has 3 heteroatoms. The van der Waals surface area contributed by atoms with Crippen molar-refractivity contribution in [2.45, 2.75) is 45.6 Å². The van der Waals surface area contributed by atoms with Gasteiger partial charge >= 0.3 is 0 Å². The Labute approximate surface area is 74.3 Å². The van der Waals surface area contributed by atoms with E-state index in [9.17, 15) is 4.79 Å². The van der Waals surface area contributed by atoms with E-state index in [1.165, 1.54) is 0 Å². The molecule has 0 spiro atoms. The predicted molar refractivity (Wildman–Crippen MR) is 48.8 cm³/mol. The monoisotopic (exact) mass is 173 g/mol. The van der Waals surface area contributed by atoms with Gasteiger partial charge in [0, 0.05) is 13.0 Å². The molecule has 0 aromatic heterocycles. The third-order valence-electron chi connectivity index (χ3n) is 1.81. The first kappa shape index (κ1) is 11.4. The van der Waals surface area contributed by atoms with Crippen LogP contribution in [0.1, 0.15) is 39.5 Å². The first-order valence-electron chi connectivity index (χ1n) is 4.60. The Bertz CT molecular complexity index is 126. The molecule has 0 aliphatic heterocycles. The summed E-state index contributed by atoms with van der Waals surface area (Å²) in [6.45, 7) is 4.82. The Morgan fingerprint density at radius 3 is 2.58 bits per heavy atom. The van der Waals surface area contributed by atoms with Crippen molar-refractivity contribution in [3.8, 4) is 0 Å². The van der Waals surface area contributed by atoms with Crippen LogP contribution in [0.5, 0.6) is 0 Å². The van der Waals surface area contributed by atoms with Crippen molar-refractivity contribution < 1.29 is 9.53 Å². The van der Waals surface area contributed by atoms with Gasteiger partial charge in [0.25, 0.3) is 0 Å². The van der Waals surface area contributed by atoms with Crippen LogP contribution in [0.4, 0.5) is 0 Å². The maximum Gasteiger partial charge on any atom is 0.217 e. The fraction of sp³-hybridized carbons (Fsp3) is 0.889. The number of carbonyl (C=O) groups excluding carboxylic acids is 1. The van der Waals surface area contributed by atoms with E-state index in [4.69, 9.17) is 10.5 Å². The number of hydrogen-bond donors (Lipinski definition) is 1. The first-order valence-corrected chi connectivity index (χ1v) is 4.60. The van der Waals surface area contributed by atoms with Crippen LogP contribution in [0.15, 0.2) is 0 Å². The van der Waals surface area contributed by atoms with Crippen molar-refractivity contribution in [1.29, 1.82) is 0 Å². The first-order chi connectivity index (χ1) is 5.70. The molecule has 0 radical (unpaired) electrons. The average molecular weight is 173 g/mol. The van der Waals surface area contributed by atoms with Gasteiger partial charge < -0.3 is 10.5 Å². The average Bonchev–Trinajstić information content (AvgIpc) is 2.02. The molecule has 0 saturated carbocycles. The van der Waals surface area contributed by atoms with E-state index < -0.39 is 0 Å². The van der Waals surface area contributed by atoms with Crippen molar-refractivity contribution in [1.82, 2.24) is 0 Å². The summed E-state index contributed by atoms with van der Waals surface area (Å²) < 4.78 is 5.42. The summed E-state index contributed by atoms with van der Waals surface area (Å²) in [7, 11) is 0. The van der Waals surface area contributed by atoms with Gasteiger partial charge in [0.2, 0.25) is 5.91 Å². The molecule has 0 aliphatic carbocycles. The largest absolute Gasteiger partial charge is 0.379 e. The Morgan fingerprint density at radius 2 is 2.17 bits per heavy atom. The lowest BCUT2D eigenvalue weighted by Crippen LogP contribution is -2.14. The quantitative estimate of drug-likeness (QED) is 0.633. The summed E-state index contributed by atoms with van der Waals surface area (Å²) in [6, 6.07) is 0. The summed E-state index contributed by atoms with van der Waals surface area (Å²) in [5, 5.41) is 0. The topological polar surface area (TPSA) is 52.3 Å². The molecular formula is C9H19NO2. The number of ether oxygens (including phenoxy) is 1. The molecular weight excluding hydrogens is 154 g/mol. The number of carbonyl (C=O) groups is 1. The molecule has 0 aliphatic rings. The zero-order valence-electron chi connectivity index (χ0n) is 8.01. The van der Waals surface area contributed by atoms with Gasteiger partial charge in [-0.2, -0.15) is 0 Å². The van der Waals surface area contributed by atoms with E-state index in [1.54, 1.807) is 0 Å². The number of nitrogens with two attached hydrogens (primary N) is 1. The van der Waals surface area contributed by atoms with Gasteiger partial charge in [-0.1, -0.05) is 6.92 Å². The second kappa shape index (κ2) is 7.10. The molecule has 0 aromatic carbocycles. The van der Waals surface area contributed by atoms with Crippen LogP contribution in [0, 0.1) is 0 Å². The van der Waals surface area contributed by atoms with Crippen LogP contribution in [-0.4, -0.2) is 18.6 Å². The normalized spacial score (nSPS) is 12.8. The van der Waals surface area contributed by atoms with Crippen LogP contribution in [0.3, 0.4) is 0 Å². The highest BCUT2D eigenvalue weighted by molar-refractivity contribution is 5.73. The molecule has 12 heavy (non-hydrogen) atoms. The smallest absolute Gasteiger partial charge is 0.217 e. The molecule has 0 fully saturated rings. The van der Waals surface area contributed by atoms with E-state index in [0.29, 0.717) is 12.5 Å². The molecule has 2 N–H and O–H groups in total. The van der Waals surface area contributed by atoms with Crippen molar-refractivity contribution in [3.63, 3.8) is 0 Å². The minimum absolute atomic E-state index is 0.221. The zero-order valence-corrected chi connectivity index (χ0v) is 8.01. The number of primary amides is 1. The highest BCUT2D eigenvalue weighted by atomic mass is 16.5. The molecule has 0 saturated heterocycles. The van der Waals surface area contributed by atoms with E-state index in [1.807, 2.05) is 6.92 Å². The summed E-state index contributed by atoms with van der Waals surface area (Å²) in [6.07, 6.45) is 3.56. The highest BCUT2D eigenvalue weighted by Gasteiger charge is 2.05. The highest BCUT2D eigenvalue weighted by Crippen LogP contribution is 2.07. The molecule has 1 amide bonds. The third kappa shape index (κ3) is 6.16. The van der Waals surface area contributed by atoms with Gasteiger partial charge in [0.15, 0.2) is 0 Å². The Kier molecular flexibility index (Phi) is 6.76. The van der Waals surface area contributed by atoms with Crippen LogP contribution >= 0.6 is 0 Å². The number of hydrogen-bond acceptors (Lipinski definition) is 2. The van der Waals surface area contributed by atoms with Gasteiger partial charge in [-0.25, -0.2) is 0 Å². The van der Waals surface area contributed by atoms with Crippen molar-refractivity contribution in [2.24, 2.45) is 5.73 Å². The van der Waals surface area contributed by atoms with Gasteiger partial charge in [-0.15, -0.1) is 0 Å². The SMILES string of the molecule is CCOC(CC)CCCC(N)=O. The van der Waals surface area contributed by atoms with E-state index in [2.05, 4.69) is 6.92 Å². The molecule has 72 valence electrons. The summed E-state index contributed by atoms with van der Waals surface area (Å²) in [5.41, 5.74) is 5.01. The van der Waals surface area contributed by atoms with Crippen LogP contribution in [0.2, 0.25) is 0 Å². The molecule has 1 atom stereocenters.